The van der Waals surface area contributed by atoms with E-state index in [2.05, 4.69) is 57.1 Å². The van der Waals surface area contributed by atoms with Crippen LogP contribution in [-0.2, 0) is 13.0 Å². The van der Waals surface area contributed by atoms with Crippen molar-refractivity contribution in [1.82, 2.24) is 30.0 Å². The Balaban J connectivity index is 1.37. The number of halogens is 1. The lowest BCUT2D eigenvalue weighted by Crippen LogP contribution is -2.24. The van der Waals surface area contributed by atoms with E-state index in [1.807, 2.05) is 24.5 Å². The largest absolute Gasteiger partial charge is 0.340 e. The molecule has 7 heteroatoms. The quantitative estimate of drug-likeness (QED) is 0.263. The summed E-state index contributed by atoms with van der Waals surface area (Å²) in [6.07, 6.45) is 15.9. The third kappa shape index (κ3) is 5.78. The van der Waals surface area contributed by atoms with Crippen LogP contribution in [0, 0.1) is 5.82 Å². The second-order valence-electron chi connectivity index (χ2n) is 9.52. The number of H-pyrrole nitrogens is 2. The van der Waals surface area contributed by atoms with Gasteiger partial charge in [-0.3, -0.25) is 15.0 Å². The van der Waals surface area contributed by atoms with Gasteiger partial charge >= 0.3 is 0 Å². The van der Waals surface area contributed by atoms with Crippen LogP contribution in [0.1, 0.15) is 66.8 Å². The molecule has 0 aliphatic heterocycles. The third-order valence-corrected chi connectivity index (χ3v) is 6.57. The van der Waals surface area contributed by atoms with Gasteiger partial charge in [-0.1, -0.05) is 44.2 Å². The van der Waals surface area contributed by atoms with Gasteiger partial charge in [0.05, 0.1) is 11.9 Å². The number of aromatic nitrogens is 5. The molecule has 1 aromatic carbocycles. The van der Waals surface area contributed by atoms with E-state index in [0.29, 0.717) is 0 Å². The van der Waals surface area contributed by atoms with Gasteiger partial charge in [-0.25, -0.2) is 9.37 Å². The molecule has 0 unspecified atom stereocenters. The van der Waals surface area contributed by atoms with Crippen molar-refractivity contribution in [2.75, 3.05) is 13.1 Å². The second kappa shape index (κ2) is 11.5. The minimum Gasteiger partial charge on any atom is -0.340 e. The predicted octanol–water partition coefficient (Wildman–Crippen LogP) is 6.50. The number of fused-ring (bicyclic) bond motifs is 1. The molecular formula is C30H33FN6. The summed E-state index contributed by atoms with van der Waals surface area (Å²) in [5, 5.41) is 7.38. The van der Waals surface area contributed by atoms with Gasteiger partial charge in [0.1, 0.15) is 11.5 Å². The Kier molecular flexibility index (Phi) is 7.70. The number of aromatic amines is 2. The summed E-state index contributed by atoms with van der Waals surface area (Å²) in [6.45, 7) is 7.53. The molecule has 6 nitrogen and oxygen atoms in total. The van der Waals surface area contributed by atoms with Crippen LogP contribution in [0.4, 0.5) is 4.39 Å². The average Bonchev–Trinajstić information content (AvgIpc) is 3.55. The number of pyridine rings is 1. The molecule has 0 amide bonds. The van der Waals surface area contributed by atoms with Crippen molar-refractivity contribution in [2.24, 2.45) is 0 Å². The maximum Gasteiger partial charge on any atom is 0.156 e. The summed E-state index contributed by atoms with van der Waals surface area (Å²) in [4.78, 5) is 15.3. The van der Waals surface area contributed by atoms with Crippen LogP contribution in [0.15, 0.2) is 55.0 Å². The first-order valence-corrected chi connectivity index (χ1v) is 13.1. The minimum absolute atomic E-state index is 0.246. The highest BCUT2D eigenvalue weighted by atomic mass is 19.1. The Morgan fingerprint density at radius 1 is 1.05 bits per heavy atom. The molecule has 190 valence electrons. The van der Waals surface area contributed by atoms with E-state index in [-0.39, 0.29) is 5.82 Å². The number of aryl methyl sites for hydroxylation is 1. The molecule has 1 aliphatic rings. The molecule has 0 atom stereocenters. The van der Waals surface area contributed by atoms with Crippen molar-refractivity contribution in [1.29, 1.82) is 0 Å². The van der Waals surface area contributed by atoms with E-state index < -0.39 is 0 Å². The average molecular weight is 497 g/mol. The number of hydrogen-bond donors (Lipinski definition) is 2. The zero-order valence-electron chi connectivity index (χ0n) is 21.5. The van der Waals surface area contributed by atoms with Gasteiger partial charge in [-0.2, -0.15) is 5.10 Å². The Labute approximate surface area is 217 Å². The van der Waals surface area contributed by atoms with Crippen molar-refractivity contribution in [3.8, 4) is 11.5 Å². The highest BCUT2D eigenvalue weighted by Crippen LogP contribution is 2.33. The topological polar surface area (TPSA) is 73.5 Å². The van der Waals surface area contributed by atoms with E-state index in [1.54, 1.807) is 18.3 Å². The van der Waals surface area contributed by atoms with Crippen molar-refractivity contribution in [2.45, 2.75) is 46.1 Å². The van der Waals surface area contributed by atoms with Gasteiger partial charge < -0.3 is 4.98 Å². The van der Waals surface area contributed by atoms with Gasteiger partial charge in [0.15, 0.2) is 5.82 Å². The van der Waals surface area contributed by atoms with Crippen LogP contribution in [0.2, 0.25) is 0 Å². The fourth-order valence-electron chi connectivity index (χ4n) is 4.94. The molecule has 0 bridgehead atoms. The lowest BCUT2D eigenvalue weighted by atomic mass is 9.94. The van der Waals surface area contributed by atoms with Crippen LogP contribution in [0.3, 0.4) is 0 Å². The fraction of sp³-hybridized carbons (Fsp3) is 0.300. The van der Waals surface area contributed by atoms with E-state index in [9.17, 15) is 4.39 Å². The first-order valence-electron chi connectivity index (χ1n) is 13.1. The summed E-state index contributed by atoms with van der Waals surface area (Å²) in [7, 11) is 0. The maximum atomic E-state index is 13.9. The number of allylic oxidation sites excluding steroid dienone is 1. The SMILES string of the molecule is CCCN(CCC)Cc1cncc(/C=C/c2cn[nH]c2-c2nc3c([nH]2)CCC=C3c2cccc(F)c2)c1. The molecule has 0 radical (unpaired) electrons. The molecule has 5 rings (SSSR count). The normalized spacial score (nSPS) is 13.4. The molecular weight excluding hydrogens is 463 g/mol. The van der Waals surface area contributed by atoms with Crippen LogP contribution in [-0.4, -0.2) is 43.1 Å². The van der Waals surface area contributed by atoms with Crippen molar-refractivity contribution >= 4 is 17.7 Å². The summed E-state index contributed by atoms with van der Waals surface area (Å²) >= 11 is 0. The van der Waals surface area contributed by atoms with E-state index >= 15 is 0 Å². The lowest BCUT2D eigenvalue weighted by molar-refractivity contribution is 0.266. The van der Waals surface area contributed by atoms with Crippen molar-refractivity contribution in [3.05, 3.63) is 94.5 Å². The highest BCUT2D eigenvalue weighted by Gasteiger charge is 2.21. The predicted molar refractivity (Wildman–Crippen MR) is 147 cm³/mol. The van der Waals surface area contributed by atoms with Crippen LogP contribution in [0.25, 0.3) is 29.2 Å². The van der Waals surface area contributed by atoms with Crippen molar-refractivity contribution in [3.63, 3.8) is 0 Å². The first-order chi connectivity index (χ1) is 18.1. The fourth-order valence-corrected chi connectivity index (χ4v) is 4.94. The number of nitrogens with zero attached hydrogens (tertiary/aromatic N) is 4. The Morgan fingerprint density at radius 2 is 1.92 bits per heavy atom. The standard InChI is InChI=1S/C30H33FN6/c1-3-13-37(14-4-2)20-22-15-21(17-32-18-22)11-12-24-19-33-36-28(24)30-34-27-10-6-9-26(29(27)35-30)23-7-5-8-25(31)16-23/h5,7-9,11-12,15-19H,3-4,6,10,13-14,20H2,1-2H3,(H,33,36)(H,34,35)/b12-11+. The summed E-state index contributed by atoms with van der Waals surface area (Å²) < 4.78 is 13.9. The molecule has 4 aromatic rings. The zero-order valence-corrected chi connectivity index (χ0v) is 21.5. The smallest absolute Gasteiger partial charge is 0.156 e. The van der Waals surface area contributed by atoms with E-state index in [4.69, 9.17) is 4.98 Å². The third-order valence-electron chi connectivity index (χ3n) is 6.57. The molecule has 1 aliphatic carbocycles. The van der Waals surface area contributed by atoms with Crippen LogP contribution >= 0.6 is 0 Å². The molecule has 3 aromatic heterocycles. The maximum absolute atomic E-state index is 13.9. The highest BCUT2D eigenvalue weighted by molar-refractivity contribution is 5.82. The number of imidazole rings is 1. The zero-order chi connectivity index (χ0) is 25.6. The van der Waals surface area contributed by atoms with E-state index in [1.165, 1.54) is 11.6 Å². The minimum atomic E-state index is -0.246. The summed E-state index contributed by atoms with van der Waals surface area (Å²) in [5.74, 6) is 0.484. The molecule has 2 N–H and O–H groups in total. The van der Waals surface area contributed by atoms with Crippen LogP contribution < -0.4 is 0 Å². The Bertz CT molecular complexity index is 1410. The number of benzene rings is 1. The van der Waals surface area contributed by atoms with E-state index in [0.717, 1.165) is 90.5 Å². The molecule has 0 fully saturated rings. The Morgan fingerprint density at radius 3 is 2.73 bits per heavy atom. The molecule has 37 heavy (non-hydrogen) atoms. The monoisotopic (exact) mass is 496 g/mol. The van der Waals surface area contributed by atoms with Crippen LogP contribution in [0.5, 0.6) is 0 Å². The van der Waals surface area contributed by atoms with Gasteiger partial charge in [0.2, 0.25) is 0 Å². The Hall–Kier alpha value is -3.84. The summed E-state index contributed by atoms with van der Waals surface area (Å²) in [5.41, 5.74) is 7.76. The summed E-state index contributed by atoms with van der Waals surface area (Å²) in [6, 6.07) is 8.88. The molecule has 3 heterocycles. The number of hydrogen-bond acceptors (Lipinski definition) is 4. The molecule has 0 saturated heterocycles. The van der Waals surface area contributed by atoms with Gasteiger partial charge in [-0.05, 0) is 73.7 Å². The number of rotatable bonds is 10. The lowest BCUT2D eigenvalue weighted by Gasteiger charge is -2.20. The number of nitrogens with one attached hydrogen (secondary N) is 2. The second-order valence-corrected chi connectivity index (χ2v) is 9.52. The first kappa shape index (κ1) is 24.8. The van der Waals surface area contributed by atoms with Gasteiger partial charge in [-0.15, -0.1) is 0 Å². The molecule has 0 spiro atoms. The van der Waals surface area contributed by atoms with Crippen molar-refractivity contribution < 1.29 is 4.39 Å². The molecule has 0 saturated carbocycles. The van der Waals surface area contributed by atoms with Gasteiger partial charge in [0.25, 0.3) is 0 Å². The van der Waals surface area contributed by atoms with Gasteiger partial charge in [0, 0.05) is 35.8 Å².